The van der Waals surface area contributed by atoms with E-state index in [1.165, 1.54) is 11.8 Å². The Morgan fingerprint density at radius 2 is 1.14 bits per heavy atom. The average molecular weight is 535 g/mol. The van der Waals surface area contributed by atoms with Crippen LogP contribution in [0, 0.1) is 0 Å². The SMILES string of the molecule is CSCCC(NC(=O)C(CCC(N)=O)NC(=O)C(N)CCC(=O)O)C(=O)NC(CCC(N)=O)C(=O)O. The number of rotatable bonds is 19. The van der Waals surface area contributed by atoms with Crippen LogP contribution in [-0.4, -0.2) is 87.9 Å². The lowest BCUT2D eigenvalue weighted by Gasteiger charge is -2.25. The van der Waals surface area contributed by atoms with Crippen LogP contribution in [0.2, 0.25) is 0 Å². The van der Waals surface area contributed by atoms with Crippen molar-refractivity contribution in [3.05, 3.63) is 0 Å². The summed E-state index contributed by atoms with van der Waals surface area (Å²) in [4.78, 5) is 82.4. The fraction of sp³-hybridized carbons (Fsp3) is 0.650. The summed E-state index contributed by atoms with van der Waals surface area (Å²) in [5.74, 6) is -6.22. The maximum atomic E-state index is 12.9. The van der Waals surface area contributed by atoms with Gasteiger partial charge in [0.05, 0.1) is 6.04 Å². The lowest BCUT2D eigenvalue weighted by molar-refractivity contribution is -0.142. The van der Waals surface area contributed by atoms with Crippen LogP contribution >= 0.6 is 11.8 Å². The number of hydrogen-bond acceptors (Lipinski definition) is 9. The summed E-state index contributed by atoms with van der Waals surface area (Å²) in [5.41, 5.74) is 15.8. The molecule has 0 heterocycles. The van der Waals surface area contributed by atoms with Crippen molar-refractivity contribution in [2.45, 2.75) is 69.1 Å². The Kier molecular flexibility index (Phi) is 15.5. The van der Waals surface area contributed by atoms with E-state index in [4.69, 9.17) is 22.3 Å². The van der Waals surface area contributed by atoms with Gasteiger partial charge in [-0.15, -0.1) is 0 Å². The molecule has 204 valence electrons. The minimum atomic E-state index is -1.43. The summed E-state index contributed by atoms with van der Waals surface area (Å²) in [6, 6.07) is -5.23. The zero-order valence-electron chi connectivity index (χ0n) is 19.9. The van der Waals surface area contributed by atoms with E-state index in [1.54, 1.807) is 6.26 Å². The van der Waals surface area contributed by atoms with E-state index in [0.717, 1.165) is 0 Å². The highest BCUT2D eigenvalue weighted by atomic mass is 32.2. The van der Waals surface area contributed by atoms with Crippen LogP contribution in [0.3, 0.4) is 0 Å². The third-order valence-electron chi connectivity index (χ3n) is 4.86. The zero-order valence-corrected chi connectivity index (χ0v) is 20.7. The second-order valence-electron chi connectivity index (χ2n) is 7.85. The molecule has 0 aromatic rings. The average Bonchev–Trinajstić information content (AvgIpc) is 2.79. The molecule has 0 saturated carbocycles. The molecule has 16 heteroatoms. The standard InChI is InChI=1S/C20H34N6O9S/c1-36-9-8-12(19(33)26-13(20(34)35)4-6-15(23)28)25-18(32)11(3-5-14(22)27)24-17(31)10(21)2-7-16(29)30/h10-13H,2-9,21H2,1H3,(H2,22,27)(H2,23,28)(H,24,31)(H,25,32)(H,26,33)(H,29,30)(H,34,35). The van der Waals surface area contributed by atoms with Gasteiger partial charge in [-0.3, -0.25) is 28.8 Å². The summed E-state index contributed by atoms with van der Waals surface area (Å²) in [6.45, 7) is 0. The molecule has 5 amide bonds. The molecule has 0 fully saturated rings. The molecule has 0 saturated heterocycles. The summed E-state index contributed by atoms with van der Waals surface area (Å²) in [6.07, 6.45) is 0.182. The molecule has 0 aromatic carbocycles. The second kappa shape index (κ2) is 17.1. The highest BCUT2D eigenvalue weighted by molar-refractivity contribution is 7.98. The molecule has 4 atom stereocenters. The number of aliphatic carboxylic acids is 2. The lowest BCUT2D eigenvalue weighted by Crippen LogP contribution is -2.57. The van der Waals surface area contributed by atoms with Crippen LogP contribution in [0.5, 0.6) is 0 Å². The van der Waals surface area contributed by atoms with Crippen LogP contribution in [0.25, 0.3) is 0 Å². The molecule has 15 nitrogen and oxygen atoms in total. The van der Waals surface area contributed by atoms with Crippen molar-refractivity contribution in [2.24, 2.45) is 17.2 Å². The Balaban J connectivity index is 5.52. The number of primary amides is 2. The molecule has 0 aromatic heterocycles. The monoisotopic (exact) mass is 534 g/mol. The fourth-order valence-corrected chi connectivity index (χ4v) is 3.31. The number of amides is 5. The number of carbonyl (C=O) groups excluding carboxylic acids is 5. The van der Waals surface area contributed by atoms with E-state index in [0.29, 0.717) is 5.75 Å². The van der Waals surface area contributed by atoms with Gasteiger partial charge in [-0.25, -0.2) is 4.79 Å². The quantitative estimate of drug-likeness (QED) is 0.0826. The number of thioether (sulfide) groups is 1. The maximum Gasteiger partial charge on any atom is 0.326 e. The Morgan fingerprint density at radius 1 is 0.694 bits per heavy atom. The summed E-state index contributed by atoms with van der Waals surface area (Å²) >= 11 is 1.35. The van der Waals surface area contributed by atoms with Gasteiger partial charge in [0.25, 0.3) is 0 Å². The van der Waals surface area contributed by atoms with E-state index in [2.05, 4.69) is 16.0 Å². The van der Waals surface area contributed by atoms with Gasteiger partial charge >= 0.3 is 11.9 Å². The van der Waals surface area contributed by atoms with Gasteiger partial charge in [-0.05, 0) is 37.7 Å². The zero-order chi connectivity index (χ0) is 27.8. The van der Waals surface area contributed by atoms with Crippen LogP contribution in [0.4, 0.5) is 0 Å². The van der Waals surface area contributed by atoms with Crippen LogP contribution in [0.1, 0.15) is 44.9 Å². The molecule has 36 heavy (non-hydrogen) atoms. The van der Waals surface area contributed by atoms with Gasteiger partial charge in [0.1, 0.15) is 18.1 Å². The third-order valence-corrected chi connectivity index (χ3v) is 5.50. The maximum absolute atomic E-state index is 12.9. The first kappa shape index (κ1) is 32.6. The first-order chi connectivity index (χ1) is 16.8. The molecule has 0 aliphatic heterocycles. The fourth-order valence-electron chi connectivity index (χ4n) is 2.84. The van der Waals surface area contributed by atoms with Gasteiger partial charge in [0.15, 0.2) is 0 Å². The topological polar surface area (TPSA) is 274 Å². The number of carbonyl (C=O) groups is 7. The van der Waals surface area contributed by atoms with E-state index in [1.807, 2.05) is 0 Å². The summed E-state index contributed by atoms with van der Waals surface area (Å²) in [7, 11) is 0. The van der Waals surface area contributed by atoms with Crippen LogP contribution in [-0.2, 0) is 33.6 Å². The van der Waals surface area contributed by atoms with Crippen molar-refractivity contribution in [1.29, 1.82) is 0 Å². The van der Waals surface area contributed by atoms with Crippen molar-refractivity contribution in [1.82, 2.24) is 16.0 Å². The second-order valence-corrected chi connectivity index (χ2v) is 8.84. The molecule has 11 N–H and O–H groups in total. The first-order valence-corrected chi connectivity index (χ1v) is 12.3. The normalized spacial score (nSPS) is 13.9. The molecule has 4 unspecified atom stereocenters. The smallest absolute Gasteiger partial charge is 0.326 e. The molecular weight excluding hydrogens is 500 g/mol. The predicted octanol–water partition coefficient (Wildman–Crippen LogP) is -3.00. The van der Waals surface area contributed by atoms with Crippen molar-refractivity contribution < 1.29 is 43.8 Å². The van der Waals surface area contributed by atoms with Crippen LogP contribution < -0.4 is 33.2 Å². The van der Waals surface area contributed by atoms with Gasteiger partial charge in [-0.1, -0.05) is 0 Å². The highest BCUT2D eigenvalue weighted by Crippen LogP contribution is 2.07. The van der Waals surface area contributed by atoms with Crippen LogP contribution in [0.15, 0.2) is 0 Å². The number of hydrogen-bond donors (Lipinski definition) is 8. The van der Waals surface area contributed by atoms with Crippen molar-refractivity contribution in [3.8, 4) is 0 Å². The Labute approximate surface area is 211 Å². The Morgan fingerprint density at radius 3 is 1.58 bits per heavy atom. The minimum absolute atomic E-state index is 0.0928. The van der Waals surface area contributed by atoms with Gasteiger partial charge in [-0.2, -0.15) is 11.8 Å². The molecule has 0 rings (SSSR count). The van der Waals surface area contributed by atoms with Crippen molar-refractivity contribution >= 4 is 53.2 Å². The molecule has 0 aliphatic carbocycles. The van der Waals surface area contributed by atoms with Gasteiger partial charge < -0.3 is 43.4 Å². The van der Waals surface area contributed by atoms with Crippen molar-refractivity contribution in [3.63, 3.8) is 0 Å². The van der Waals surface area contributed by atoms with Crippen molar-refractivity contribution in [2.75, 3.05) is 12.0 Å². The molecular formula is C20H34N6O9S. The largest absolute Gasteiger partial charge is 0.481 e. The molecule has 0 spiro atoms. The number of carboxylic acids is 2. The molecule has 0 bridgehead atoms. The van der Waals surface area contributed by atoms with Gasteiger partial charge in [0.2, 0.25) is 29.5 Å². The third kappa shape index (κ3) is 14.1. The number of nitrogens with one attached hydrogen (secondary N) is 3. The summed E-state index contributed by atoms with van der Waals surface area (Å²) in [5, 5.41) is 25.1. The van der Waals surface area contributed by atoms with E-state index >= 15 is 0 Å². The first-order valence-electron chi connectivity index (χ1n) is 10.9. The Bertz CT molecular complexity index is 825. The lowest BCUT2D eigenvalue weighted by atomic mass is 10.1. The minimum Gasteiger partial charge on any atom is -0.481 e. The Hall–Kier alpha value is -3.40. The number of carboxylic acid groups (broad SMARTS) is 2. The molecule has 0 aliphatic rings. The predicted molar refractivity (Wildman–Crippen MR) is 128 cm³/mol. The van der Waals surface area contributed by atoms with E-state index < -0.39 is 65.6 Å². The summed E-state index contributed by atoms with van der Waals surface area (Å²) < 4.78 is 0. The molecule has 0 radical (unpaired) electrons. The highest BCUT2D eigenvalue weighted by Gasteiger charge is 2.30. The van der Waals surface area contributed by atoms with Gasteiger partial charge in [0, 0.05) is 19.3 Å². The van der Waals surface area contributed by atoms with E-state index in [-0.39, 0.29) is 44.9 Å². The van der Waals surface area contributed by atoms with E-state index in [9.17, 15) is 38.7 Å². The number of nitrogens with two attached hydrogens (primary N) is 3.